The van der Waals surface area contributed by atoms with Crippen molar-refractivity contribution in [2.75, 3.05) is 13.9 Å². The number of hydrogen-bond donors (Lipinski definition) is 0. The van der Waals surface area contributed by atoms with Crippen LogP contribution in [0.2, 0.25) is 0 Å². The van der Waals surface area contributed by atoms with Crippen molar-refractivity contribution < 1.29 is 9.47 Å². The molecule has 3 nitrogen and oxygen atoms in total. The quantitative estimate of drug-likeness (QED) is 0.673. The third-order valence-electron chi connectivity index (χ3n) is 2.85. The molecule has 3 rings (SSSR count). The van der Waals surface area contributed by atoms with Crippen molar-refractivity contribution in [3.8, 4) is 17.0 Å². The monoisotopic (exact) mass is 271 g/mol. The summed E-state index contributed by atoms with van der Waals surface area (Å²) in [6.45, 7) is 0.262. The van der Waals surface area contributed by atoms with E-state index in [1.807, 2.05) is 30.5 Å². The maximum Gasteiger partial charge on any atom is 0.188 e. The van der Waals surface area contributed by atoms with E-state index >= 15 is 0 Å². The highest BCUT2D eigenvalue weighted by Gasteiger charge is 2.02. The highest BCUT2D eigenvalue weighted by Crippen LogP contribution is 2.25. The second-order valence-corrected chi connectivity index (χ2v) is 4.89. The Bertz CT molecular complexity index is 676. The topological polar surface area (TPSA) is 31.4 Å². The standard InChI is InChI=1S/C15H13NO2S/c1-17-10-18-14-4-2-11(3-5-14)15-6-12-8-19-9-13(12)7-16-15/h2-9H,10H2,1H3. The van der Waals surface area contributed by atoms with Crippen LogP contribution in [0.3, 0.4) is 0 Å². The molecule has 0 saturated heterocycles. The van der Waals surface area contributed by atoms with Gasteiger partial charge in [0.15, 0.2) is 6.79 Å². The highest BCUT2D eigenvalue weighted by atomic mass is 32.1. The average molecular weight is 271 g/mol. The average Bonchev–Trinajstić information content (AvgIpc) is 2.93. The van der Waals surface area contributed by atoms with Crippen LogP contribution in [-0.4, -0.2) is 18.9 Å². The van der Waals surface area contributed by atoms with Crippen molar-refractivity contribution in [2.45, 2.75) is 0 Å². The fourth-order valence-corrected chi connectivity index (χ4v) is 2.63. The lowest BCUT2D eigenvalue weighted by molar-refractivity contribution is 0.0511. The molecule has 1 aromatic carbocycles. The summed E-state index contributed by atoms with van der Waals surface area (Å²) in [6, 6.07) is 9.97. The molecule has 0 unspecified atom stereocenters. The van der Waals surface area contributed by atoms with E-state index in [1.54, 1.807) is 18.4 Å². The minimum Gasteiger partial charge on any atom is -0.468 e. The SMILES string of the molecule is COCOc1ccc(-c2cc3cscc3cn2)cc1. The smallest absolute Gasteiger partial charge is 0.188 e. The molecular formula is C15H13NO2S. The molecule has 0 amide bonds. The van der Waals surface area contributed by atoms with Crippen LogP contribution >= 0.6 is 11.3 Å². The van der Waals surface area contributed by atoms with Gasteiger partial charge in [-0.05, 0) is 41.1 Å². The Hall–Kier alpha value is -1.91. The van der Waals surface area contributed by atoms with Crippen LogP contribution in [0.15, 0.2) is 47.3 Å². The van der Waals surface area contributed by atoms with Crippen molar-refractivity contribution in [3.05, 3.63) is 47.3 Å². The van der Waals surface area contributed by atoms with Crippen molar-refractivity contribution in [1.82, 2.24) is 4.98 Å². The third-order valence-corrected chi connectivity index (χ3v) is 3.63. The molecule has 0 N–H and O–H groups in total. The Morgan fingerprint density at radius 2 is 1.89 bits per heavy atom. The van der Waals surface area contributed by atoms with Crippen LogP contribution in [0.5, 0.6) is 5.75 Å². The number of rotatable bonds is 4. The summed E-state index contributed by atoms with van der Waals surface area (Å²) in [4.78, 5) is 4.48. The predicted octanol–water partition coefficient (Wildman–Crippen LogP) is 3.95. The van der Waals surface area contributed by atoms with Gasteiger partial charge in [-0.1, -0.05) is 0 Å². The molecule has 3 aromatic rings. The zero-order valence-electron chi connectivity index (χ0n) is 10.5. The fourth-order valence-electron chi connectivity index (χ4n) is 1.87. The lowest BCUT2D eigenvalue weighted by Gasteiger charge is -2.06. The molecule has 0 saturated carbocycles. The van der Waals surface area contributed by atoms with E-state index in [0.29, 0.717) is 0 Å². The molecule has 0 spiro atoms. The predicted molar refractivity (Wildman–Crippen MR) is 77.6 cm³/mol. The first-order valence-corrected chi connectivity index (χ1v) is 6.85. The third kappa shape index (κ3) is 2.59. The van der Waals surface area contributed by atoms with E-state index < -0.39 is 0 Å². The Balaban J connectivity index is 1.88. The van der Waals surface area contributed by atoms with Gasteiger partial charge >= 0.3 is 0 Å². The van der Waals surface area contributed by atoms with Crippen LogP contribution in [0.1, 0.15) is 0 Å². The summed E-state index contributed by atoms with van der Waals surface area (Å²) >= 11 is 1.69. The zero-order chi connectivity index (χ0) is 13.1. The first-order chi connectivity index (χ1) is 9.36. The molecule has 0 fully saturated rings. The van der Waals surface area contributed by atoms with Gasteiger partial charge in [0, 0.05) is 29.6 Å². The number of fused-ring (bicyclic) bond motifs is 1. The van der Waals surface area contributed by atoms with Crippen molar-refractivity contribution in [2.24, 2.45) is 0 Å². The van der Waals surface area contributed by atoms with Gasteiger partial charge in [0.05, 0.1) is 5.69 Å². The number of thiophene rings is 1. The molecule has 0 radical (unpaired) electrons. The number of nitrogens with zero attached hydrogens (tertiary/aromatic N) is 1. The lowest BCUT2D eigenvalue weighted by Crippen LogP contribution is -1.98. The van der Waals surface area contributed by atoms with Gasteiger partial charge < -0.3 is 9.47 Å². The van der Waals surface area contributed by atoms with Crippen molar-refractivity contribution in [1.29, 1.82) is 0 Å². The summed E-state index contributed by atoms with van der Waals surface area (Å²) in [5.41, 5.74) is 2.06. The summed E-state index contributed by atoms with van der Waals surface area (Å²) < 4.78 is 10.2. The molecule has 0 aliphatic rings. The molecule has 0 bridgehead atoms. The summed E-state index contributed by atoms with van der Waals surface area (Å²) in [5.74, 6) is 0.794. The Kier molecular flexibility index (Phi) is 3.44. The van der Waals surface area contributed by atoms with Crippen LogP contribution in [-0.2, 0) is 4.74 Å². The molecular weight excluding hydrogens is 258 g/mol. The van der Waals surface area contributed by atoms with Crippen molar-refractivity contribution >= 4 is 22.1 Å². The van der Waals surface area contributed by atoms with E-state index in [4.69, 9.17) is 9.47 Å². The number of hydrogen-bond acceptors (Lipinski definition) is 4. The molecule has 0 aliphatic heterocycles. The maximum absolute atomic E-state index is 5.36. The molecule has 0 atom stereocenters. The molecule has 0 aliphatic carbocycles. The fraction of sp³-hybridized carbons (Fsp3) is 0.133. The zero-order valence-corrected chi connectivity index (χ0v) is 11.3. The van der Waals surface area contributed by atoms with Crippen molar-refractivity contribution in [3.63, 3.8) is 0 Å². The first-order valence-electron chi connectivity index (χ1n) is 5.91. The van der Waals surface area contributed by atoms with E-state index in [9.17, 15) is 0 Å². The largest absolute Gasteiger partial charge is 0.468 e. The summed E-state index contributed by atoms with van der Waals surface area (Å²) in [5, 5.41) is 6.66. The maximum atomic E-state index is 5.36. The molecule has 4 heteroatoms. The van der Waals surface area contributed by atoms with Crippen LogP contribution in [0.25, 0.3) is 22.0 Å². The second kappa shape index (κ2) is 5.38. The van der Waals surface area contributed by atoms with Gasteiger partial charge in [-0.25, -0.2) is 0 Å². The first kappa shape index (κ1) is 12.1. The highest BCUT2D eigenvalue weighted by molar-refractivity contribution is 7.09. The number of methoxy groups -OCH3 is 1. The molecule has 2 aromatic heterocycles. The van der Waals surface area contributed by atoms with Gasteiger partial charge in [-0.15, -0.1) is 0 Å². The van der Waals surface area contributed by atoms with Crippen LogP contribution < -0.4 is 4.74 Å². The number of pyridine rings is 1. The molecule has 96 valence electrons. The van der Waals surface area contributed by atoms with Gasteiger partial charge in [0.1, 0.15) is 5.75 Å². The molecule has 2 heterocycles. The van der Waals surface area contributed by atoms with Gasteiger partial charge in [-0.2, -0.15) is 11.3 Å². The Morgan fingerprint density at radius 3 is 2.68 bits per heavy atom. The lowest BCUT2D eigenvalue weighted by atomic mass is 10.1. The van der Waals surface area contributed by atoms with E-state index in [-0.39, 0.29) is 6.79 Å². The Morgan fingerprint density at radius 1 is 1.11 bits per heavy atom. The normalized spacial score (nSPS) is 10.8. The minimum atomic E-state index is 0.262. The van der Waals surface area contributed by atoms with Crippen LogP contribution in [0, 0.1) is 0 Å². The number of ether oxygens (including phenoxy) is 2. The second-order valence-electron chi connectivity index (χ2n) is 4.15. The summed E-state index contributed by atoms with van der Waals surface area (Å²) in [7, 11) is 1.61. The number of aromatic nitrogens is 1. The van der Waals surface area contributed by atoms with E-state index in [1.165, 1.54) is 10.8 Å². The summed E-state index contributed by atoms with van der Waals surface area (Å²) in [6.07, 6.45) is 1.91. The van der Waals surface area contributed by atoms with Gasteiger partial charge in [0.2, 0.25) is 0 Å². The minimum absolute atomic E-state index is 0.262. The Labute approximate surface area is 115 Å². The van der Waals surface area contributed by atoms with E-state index in [0.717, 1.165) is 17.0 Å². The van der Waals surface area contributed by atoms with E-state index in [2.05, 4.69) is 21.8 Å². The van der Waals surface area contributed by atoms with Crippen LogP contribution in [0.4, 0.5) is 0 Å². The molecule has 19 heavy (non-hydrogen) atoms. The number of benzene rings is 1. The van der Waals surface area contributed by atoms with Gasteiger partial charge in [0.25, 0.3) is 0 Å². The van der Waals surface area contributed by atoms with Gasteiger partial charge in [-0.3, -0.25) is 4.98 Å².